The van der Waals surface area contributed by atoms with Gasteiger partial charge in [0.25, 0.3) is 0 Å². The summed E-state index contributed by atoms with van der Waals surface area (Å²) in [6.45, 7) is 0. The lowest BCUT2D eigenvalue weighted by Gasteiger charge is -2.03. The molecule has 0 radical (unpaired) electrons. The Bertz CT molecular complexity index is 96.9. The van der Waals surface area contributed by atoms with Crippen molar-refractivity contribution in [3.05, 3.63) is 0 Å². The number of halogens is 2. The van der Waals surface area contributed by atoms with Crippen molar-refractivity contribution in [2.45, 2.75) is 56.3 Å². The summed E-state index contributed by atoms with van der Waals surface area (Å²) in [6, 6.07) is 0. The first-order valence-corrected chi connectivity index (χ1v) is 7.26. The maximum Gasteiger partial charge on any atom is 0.0605 e. The maximum absolute atomic E-state index is 5.58. The molecule has 80 valence electrons. The van der Waals surface area contributed by atoms with Gasteiger partial charge in [-0.25, -0.2) is 0 Å². The summed E-state index contributed by atoms with van der Waals surface area (Å²) in [5, 5.41) is 1.16. The van der Waals surface area contributed by atoms with E-state index < -0.39 is 0 Å². The lowest BCUT2D eigenvalue weighted by molar-refractivity contribution is 0.575. The van der Waals surface area contributed by atoms with Crippen LogP contribution in [-0.4, -0.2) is 10.3 Å². The van der Waals surface area contributed by atoms with Gasteiger partial charge in [-0.05, 0) is 12.8 Å². The molecule has 0 spiro atoms. The Hall–Kier alpha value is 0.920. The molecule has 0 aromatic carbocycles. The maximum atomic E-state index is 5.58. The highest BCUT2D eigenvalue weighted by Crippen LogP contribution is 2.11. The summed E-state index contributed by atoms with van der Waals surface area (Å²) < 4.78 is 0. The Balaban J connectivity index is 2.84. The summed E-state index contributed by atoms with van der Waals surface area (Å²) in [7, 11) is 0. The molecule has 3 heteroatoms. The highest BCUT2D eigenvalue weighted by Gasteiger charge is 1.95. The third-order valence-corrected chi connectivity index (χ3v) is 3.13. The average Bonchev–Trinajstić information content (AvgIpc) is 2.09. The van der Waals surface area contributed by atoms with E-state index in [9.17, 15) is 0 Å². The lowest BCUT2D eigenvalue weighted by atomic mass is 10.1. The largest absolute Gasteiger partial charge is 0.319 e. The van der Waals surface area contributed by atoms with Crippen molar-refractivity contribution >= 4 is 31.9 Å². The van der Waals surface area contributed by atoms with Crippen LogP contribution in [0, 0.1) is 0 Å². The molecular formula is C10H21Br2N. The molecule has 0 saturated carbocycles. The molecule has 0 aliphatic carbocycles. The van der Waals surface area contributed by atoms with Crippen molar-refractivity contribution in [1.29, 1.82) is 0 Å². The van der Waals surface area contributed by atoms with E-state index in [-0.39, 0.29) is 4.95 Å². The van der Waals surface area contributed by atoms with Crippen molar-refractivity contribution in [3.63, 3.8) is 0 Å². The fourth-order valence-electron chi connectivity index (χ4n) is 1.32. The second-order valence-corrected chi connectivity index (χ2v) is 5.44. The van der Waals surface area contributed by atoms with E-state index in [1.165, 1.54) is 44.9 Å². The SMILES string of the molecule is NC(Br)CCCCCCCCCBr. The predicted molar refractivity (Wildman–Crippen MR) is 67.6 cm³/mol. The molecule has 2 N–H and O–H groups in total. The van der Waals surface area contributed by atoms with Crippen molar-refractivity contribution in [2.75, 3.05) is 5.33 Å². The van der Waals surface area contributed by atoms with Gasteiger partial charge < -0.3 is 5.73 Å². The quantitative estimate of drug-likeness (QED) is 0.385. The second-order valence-electron chi connectivity index (χ2n) is 3.47. The van der Waals surface area contributed by atoms with E-state index in [0.29, 0.717) is 0 Å². The minimum absolute atomic E-state index is 0.209. The van der Waals surface area contributed by atoms with E-state index in [1.54, 1.807) is 0 Å². The first-order valence-electron chi connectivity index (χ1n) is 5.23. The minimum atomic E-state index is 0.209. The highest BCUT2D eigenvalue weighted by molar-refractivity contribution is 9.09. The highest BCUT2D eigenvalue weighted by atomic mass is 79.9. The fourth-order valence-corrected chi connectivity index (χ4v) is 2.04. The van der Waals surface area contributed by atoms with E-state index in [1.807, 2.05) is 0 Å². The van der Waals surface area contributed by atoms with Gasteiger partial charge in [-0.3, -0.25) is 0 Å². The molecule has 0 aromatic heterocycles. The average molecular weight is 315 g/mol. The molecule has 0 heterocycles. The summed E-state index contributed by atoms with van der Waals surface area (Å²) in [5.41, 5.74) is 5.58. The molecule has 0 bridgehead atoms. The van der Waals surface area contributed by atoms with Crippen LogP contribution in [0.3, 0.4) is 0 Å². The zero-order chi connectivity index (χ0) is 9.94. The van der Waals surface area contributed by atoms with Gasteiger partial charge in [-0.1, -0.05) is 70.4 Å². The van der Waals surface area contributed by atoms with Crippen molar-refractivity contribution in [3.8, 4) is 0 Å². The van der Waals surface area contributed by atoms with Crippen LogP contribution in [0.5, 0.6) is 0 Å². The number of alkyl halides is 2. The van der Waals surface area contributed by atoms with Gasteiger partial charge in [-0.15, -0.1) is 0 Å². The van der Waals surface area contributed by atoms with Gasteiger partial charge in [0.15, 0.2) is 0 Å². The van der Waals surface area contributed by atoms with Crippen LogP contribution in [0.4, 0.5) is 0 Å². The summed E-state index contributed by atoms with van der Waals surface area (Å²) in [6.07, 6.45) is 10.6. The second kappa shape index (κ2) is 11.0. The van der Waals surface area contributed by atoms with Gasteiger partial charge in [0.05, 0.1) is 4.95 Å². The van der Waals surface area contributed by atoms with E-state index in [0.717, 1.165) is 11.8 Å². The van der Waals surface area contributed by atoms with Crippen molar-refractivity contribution in [1.82, 2.24) is 0 Å². The van der Waals surface area contributed by atoms with Crippen LogP contribution in [-0.2, 0) is 0 Å². The number of unbranched alkanes of at least 4 members (excludes halogenated alkanes) is 6. The van der Waals surface area contributed by atoms with Crippen LogP contribution >= 0.6 is 31.9 Å². The smallest absolute Gasteiger partial charge is 0.0605 e. The predicted octanol–water partition coefficient (Wildman–Crippen LogP) is 4.18. The molecule has 0 aromatic rings. The Morgan fingerprint density at radius 3 is 1.77 bits per heavy atom. The van der Waals surface area contributed by atoms with Crippen molar-refractivity contribution < 1.29 is 0 Å². The molecule has 0 saturated heterocycles. The normalized spacial score (nSPS) is 13.2. The standard InChI is InChI=1S/C10H21Br2N/c11-9-7-5-3-1-2-4-6-8-10(12)13/h10H,1-9,13H2. The molecule has 1 unspecified atom stereocenters. The lowest BCUT2D eigenvalue weighted by Crippen LogP contribution is -2.09. The molecule has 1 nitrogen and oxygen atoms in total. The zero-order valence-corrected chi connectivity index (χ0v) is 11.4. The Morgan fingerprint density at radius 2 is 1.31 bits per heavy atom. The summed E-state index contributed by atoms with van der Waals surface area (Å²) in [4.78, 5) is 0.209. The first kappa shape index (κ1) is 13.9. The molecule has 0 rings (SSSR count). The first-order chi connectivity index (χ1) is 6.27. The van der Waals surface area contributed by atoms with Crippen LogP contribution in [0.25, 0.3) is 0 Å². The van der Waals surface area contributed by atoms with Gasteiger partial charge in [0.1, 0.15) is 0 Å². The van der Waals surface area contributed by atoms with Crippen LogP contribution < -0.4 is 5.73 Å². The third-order valence-electron chi connectivity index (χ3n) is 2.11. The Morgan fingerprint density at radius 1 is 0.846 bits per heavy atom. The molecular weight excluding hydrogens is 294 g/mol. The number of rotatable bonds is 9. The number of hydrogen-bond donors (Lipinski definition) is 1. The van der Waals surface area contributed by atoms with E-state index in [4.69, 9.17) is 5.73 Å². The Labute approximate surface area is 99.1 Å². The zero-order valence-electron chi connectivity index (χ0n) is 8.27. The van der Waals surface area contributed by atoms with E-state index in [2.05, 4.69) is 31.9 Å². The fraction of sp³-hybridized carbons (Fsp3) is 1.00. The monoisotopic (exact) mass is 313 g/mol. The third kappa shape index (κ3) is 12.9. The molecule has 13 heavy (non-hydrogen) atoms. The molecule has 0 aliphatic heterocycles. The summed E-state index contributed by atoms with van der Waals surface area (Å²) >= 11 is 6.79. The van der Waals surface area contributed by atoms with Crippen LogP contribution in [0.15, 0.2) is 0 Å². The Kier molecular flexibility index (Phi) is 11.8. The van der Waals surface area contributed by atoms with Crippen LogP contribution in [0.2, 0.25) is 0 Å². The topological polar surface area (TPSA) is 26.0 Å². The van der Waals surface area contributed by atoms with E-state index >= 15 is 0 Å². The number of hydrogen-bond acceptors (Lipinski definition) is 1. The molecule has 0 amide bonds. The van der Waals surface area contributed by atoms with Gasteiger partial charge >= 0.3 is 0 Å². The molecule has 1 atom stereocenters. The number of nitrogens with two attached hydrogens (primary N) is 1. The minimum Gasteiger partial charge on any atom is -0.319 e. The molecule has 0 fully saturated rings. The molecule has 0 aliphatic rings. The van der Waals surface area contributed by atoms with Gasteiger partial charge in [0.2, 0.25) is 0 Å². The van der Waals surface area contributed by atoms with Gasteiger partial charge in [0, 0.05) is 5.33 Å². The van der Waals surface area contributed by atoms with Gasteiger partial charge in [-0.2, -0.15) is 0 Å². The summed E-state index contributed by atoms with van der Waals surface area (Å²) in [5.74, 6) is 0. The van der Waals surface area contributed by atoms with Crippen LogP contribution in [0.1, 0.15) is 51.4 Å². The van der Waals surface area contributed by atoms with Crippen molar-refractivity contribution in [2.24, 2.45) is 5.73 Å².